The van der Waals surface area contributed by atoms with Crippen molar-refractivity contribution in [2.45, 2.75) is 37.7 Å². The van der Waals surface area contributed by atoms with E-state index in [-0.39, 0.29) is 16.4 Å². The Morgan fingerprint density at radius 1 is 1.30 bits per heavy atom. The van der Waals surface area contributed by atoms with Gasteiger partial charge >= 0.3 is 0 Å². The van der Waals surface area contributed by atoms with Crippen molar-refractivity contribution in [1.82, 2.24) is 10.2 Å². The molecule has 0 fully saturated rings. The molecule has 0 unspecified atom stereocenters. The molecule has 1 aliphatic heterocycles. The van der Waals surface area contributed by atoms with Crippen molar-refractivity contribution < 1.29 is 9.53 Å². The van der Waals surface area contributed by atoms with Crippen LogP contribution in [0.4, 0.5) is 5.82 Å². The molecule has 2 atom stereocenters. The Kier molecular flexibility index (Phi) is 4.61. The van der Waals surface area contributed by atoms with Crippen LogP contribution in [0.15, 0.2) is 24.3 Å². The third-order valence-corrected chi connectivity index (χ3v) is 5.27. The Morgan fingerprint density at radius 3 is 2.74 bits per heavy atom. The fraction of sp³-hybridized carbons (Fsp3) is 0.412. The van der Waals surface area contributed by atoms with Crippen molar-refractivity contribution in [3.8, 4) is 5.75 Å². The van der Waals surface area contributed by atoms with E-state index in [2.05, 4.69) is 34.6 Å². The van der Waals surface area contributed by atoms with E-state index in [1.165, 1.54) is 0 Å². The third kappa shape index (κ3) is 3.22. The van der Waals surface area contributed by atoms with Gasteiger partial charge < -0.3 is 10.1 Å². The molecule has 1 aromatic heterocycles. The first kappa shape index (κ1) is 15.9. The van der Waals surface area contributed by atoms with Crippen LogP contribution < -0.4 is 10.1 Å². The van der Waals surface area contributed by atoms with Gasteiger partial charge in [-0.2, -0.15) is 5.10 Å². The highest BCUT2D eigenvalue weighted by Gasteiger charge is 2.32. The molecule has 0 spiro atoms. The number of anilines is 1. The van der Waals surface area contributed by atoms with E-state index < -0.39 is 0 Å². The van der Waals surface area contributed by atoms with Crippen LogP contribution in [0.3, 0.4) is 0 Å². The number of amides is 1. The minimum absolute atomic E-state index is 0.00634. The summed E-state index contributed by atoms with van der Waals surface area (Å²) in [4.78, 5) is 12.1. The molecule has 2 N–H and O–H groups in total. The number of carbonyl (C=O) groups is 1. The lowest BCUT2D eigenvalue weighted by atomic mass is 10.0. The number of aromatic nitrogens is 2. The van der Waals surface area contributed by atoms with E-state index in [4.69, 9.17) is 4.74 Å². The highest BCUT2D eigenvalue weighted by molar-refractivity contribution is 8.01. The standard InChI is InChI=1S/C17H21N3O2S/c1-4-9-22-13-7-5-12(6-8-13)15-14-10(2)19-20-16(14)18-17(21)11(3)23-15/h5-8,11,15H,4,9H2,1-3H3,(H2,18,19,20,21)/t11-,15+/m1/s1. The minimum Gasteiger partial charge on any atom is -0.494 e. The molecule has 2 aromatic rings. The average molecular weight is 331 g/mol. The van der Waals surface area contributed by atoms with E-state index in [9.17, 15) is 4.79 Å². The summed E-state index contributed by atoms with van der Waals surface area (Å²) < 4.78 is 5.65. The van der Waals surface area contributed by atoms with Gasteiger partial charge in [-0.1, -0.05) is 19.1 Å². The lowest BCUT2D eigenvalue weighted by Gasteiger charge is -2.18. The Labute approximate surface area is 140 Å². The quantitative estimate of drug-likeness (QED) is 0.897. The molecule has 0 aliphatic carbocycles. The number of nitrogens with zero attached hydrogens (tertiary/aromatic N) is 1. The number of hydrogen-bond donors (Lipinski definition) is 2. The first-order chi connectivity index (χ1) is 11.1. The average Bonchev–Trinajstić information content (AvgIpc) is 2.85. The number of carbonyl (C=O) groups excluding carboxylic acids is 1. The summed E-state index contributed by atoms with van der Waals surface area (Å²) in [6.07, 6.45) is 0.989. The molecule has 5 nitrogen and oxygen atoms in total. The molecule has 3 rings (SSSR count). The van der Waals surface area contributed by atoms with E-state index in [1.54, 1.807) is 11.8 Å². The number of aryl methyl sites for hydroxylation is 1. The van der Waals surface area contributed by atoms with Crippen LogP contribution >= 0.6 is 11.8 Å². The van der Waals surface area contributed by atoms with Crippen molar-refractivity contribution in [2.75, 3.05) is 11.9 Å². The second kappa shape index (κ2) is 6.66. The first-order valence-corrected chi connectivity index (χ1v) is 8.78. The summed E-state index contributed by atoms with van der Waals surface area (Å²) in [5, 5.41) is 10.1. The summed E-state index contributed by atoms with van der Waals surface area (Å²) in [5.74, 6) is 1.51. The molecular formula is C17H21N3O2S. The summed E-state index contributed by atoms with van der Waals surface area (Å²) in [6, 6.07) is 8.12. The Morgan fingerprint density at radius 2 is 2.04 bits per heavy atom. The molecule has 1 aromatic carbocycles. The topological polar surface area (TPSA) is 67.0 Å². The molecule has 0 bridgehead atoms. The van der Waals surface area contributed by atoms with Gasteiger partial charge in [0.2, 0.25) is 5.91 Å². The SMILES string of the molecule is CCCOc1ccc([C@@H]2S[C@H](C)C(=O)Nc3n[nH]c(C)c32)cc1. The van der Waals surface area contributed by atoms with Crippen molar-refractivity contribution >= 4 is 23.5 Å². The zero-order valence-electron chi connectivity index (χ0n) is 13.6. The van der Waals surface area contributed by atoms with E-state index in [1.807, 2.05) is 26.0 Å². The largest absolute Gasteiger partial charge is 0.494 e. The number of thioether (sulfide) groups is 1. The number of rotatable bonds is 4. The van der Waals surface area contributed by atoms with Crippen molar-refractivity contribution in [3.05, 3.63) is 41.1 Å². The number of fused-ring (bicyclic) bond motifs is 1. The summed E-state index contributed by atoms with van der Waals surface area (Å²) in [6.45, 7) is 6.72. The number of H-pyrrole nitrogens is 1. The lowest BCUT2D eigenvalue weighted by molar-refractivity contribution is -0.115. The summed E-state index contributed by atoms with van der Waals surface area (Å²) >= 11 is 1.64. The molecule has 0 saturated heterocycles. The number of hydrogen-bond acceptors (Lipinski definition) is 4. The Hall–Kier alpha value is -1.95. The van der Waals surface area contributed by atoms with Crippen LogP contribution in [-0.4, -0.2) is 28.0 Å². The monoisotopic (exact) mass is 331 g/mol. The van der Waals surface area contributed by atoms with Gasteiger partial charge in [-0.05, 0) is 38.0 Å². The molecule has 0 saturated carbocycles. The molecule has 6 heteroatoms. The van der Waals surface area contributed by atoms with Crippen LogP contribution in [-0.2, 0) is 4.79 Å². The fourth-order valence-electron chi connectivity index (χ4n) is 2.61. The Balaban J connectivity index is 1.94. The van der Waals surface area contributed by atoms with Crippen LogP contribution in [0.5, 0.6) is 5.75 Å². The number of ether oxygens (including phenoxy) is 1. The number of benzene rings is 1. The van der Waals surface area contributed by atoms with Gasteiger partial charge in [0.15, 0.2) is 5.82 Å². The van der Waals surface area contributed by atoms with Crippen LogP contribution in [0, 0.1) is 6.92 Å². The van der Waals surface area contributed by atoms with Gasteiger partial charge in [-0.15, -0.1) is 11.8 Å². The zero-order chi connectivity index (χ0) is 16.4. The van der Waals surface area contributed by atoms with Crippen molar-refractivity contribution in [1.29, 1.82) is 0 Å². The third-order valence-electron chi connectivity index (χ3n) is 3.86. The highest BCUT2D eigenvalue weighted by atomic mass is 32.2. The van der Waals surface area contributed by atoms with Gasteiger partial charge in [-0.3, -0.25) is 9.89 Å². The van der Waals surface area contributed by atoms with Crippen LogP contribution in [0.1, 0.15) is 42.3 Å². The summed E-state index contributed by atoms with van der Waals surface area (Å²) in [7, 11) is 0. The van der Waals surface area contributed by atoms with Crippen molar-refractivity contribution in [2.24, 2.45) is 0 Å². The van der Waals surface area contributed by atoms with Gasteiger partial charge in [0.25, 0.3) is 0 Å². The fourth-order valence-corrected chi connectivity index (χ4v) is 3.94. The second-order valence-electron chi connectivity index (χ2n) is 5.68. The molecule has 122 valence electrons. The van der Waals surface area contributed by atoms with Gasteiger partial charge in [0, 0.05) is 11.3 Å². The number of aromatic amines is 1. The molecule has 1 amide bonds. The number of nitrogens with one attached hydrogen (secondary N) is 2. The Bertz CT molecular complexity index is 696. The van der Waals surface area contributed by atoms with Crippen molar-refractivity contribution in [3.63, 3.8) is 0 Å². The highest BCUT2D eigenvalue weighted by Crippen LogP contribution is 2.44. The second-order valence-corrected chi connectivity index (χ2v) is 7.13. The first-order valence-electron chi connectivity index (χ1n) is 7.84. The van der Waals surface area contributed by atoms with Gasteiger partial charge in [0.05, 0.1) is 17.1 Å². The molecule has 1 aliphatic rings. The van der Waals surface area contributed by atoms with Gasteiger partial charge in [-0.25, -0.2) is 0 Å². The maximum atomic E-state index is 12.1. The molecule has 2 heterocycles. The van der Waals surface area contributed by atoms with Crippen LogP contribution in [0.2, 0.25) is 0 Å². The maximum Gasteiger partial charge on any atom is 0.238 e. The minimum atomic E-state index is -0.135. The van der Waals surface area contributed by atoms with E-state index in [0.29, 0.717) is 5.82 Å². The predicted octanol–water partition coefficient (Wildman–Crippen LogP) is 3.67. The molecular weight excluding hydrogens is 310 g/mol. The molecule has 23 heavy (non-hydrogen) atoms. The zero-order valence-corrected chi connectivity index (χ0v) is 14.4. The normalized spacial score (nSPS) is 20.6. The summed E-state index contributed by atoms with van der Waals surface area (Å²) in [5.41, 5.74) is 3.18. The van der Waals surface area contributed by atoms with Crippen LogP contribution in [0.25, 0.3) is 0 Å². The maximum absolute atomic E-state index is 12.1. The molecule has 0 radical (unpaired) electrons. The van der Waals surface area contributed by atoms with E-state index in [0.717, 1.165) is 35.6 Å². The smallest absolute Gasteiger partial charge is 0.238 e. The lowest BCUT2D eigenvalue weighted by Crippen LogP contribution is -2.21. The van der Waals surface area contributed by atoms with E-state index >= 15 is 0 Å². The van der Waals surface area contributed by atoms with Gasteiger partial charge in [0.1, 0.15) is 5.75 Å². The predicted molar refractivity (Wildman–Crippen MR) is 93.1 cm³/mol.